The first-order valence-electron chi connectivity index (χ1n) is 7.56. The van der Waals surface area contributed by atoms with Crippen LogP contribution in [0.25, 0.3) is 21.8 Å². The minimum absolute atomic E-state index is 0.0823. The monoisotopic (exact) mass is 334 g/mol. The lowest BCUT2D eigenvalue weighted by Crippen LogP contribution is -2.12. The van der Waals surface area contributed by atoms with Crippen LogP contribution in [-0.2, 0) is 0 Å². The van der Waals surface area contributed by atoms with E-state index < -0.39 is 5.91 Å². The number of phenolic OH excluding ortho intramolecular Hbond substituents is 1. The number of amides is 1. The third kappa shape index (κ3) is 2.47. The molecule has 0 fully saturated rings. The summed E-state index contributed by atoms with van der Waals surface area (Å²) in [7, 11) is 0. The Hall–Kier alpha value is -3.74. The van der Waals surface area contributed by atoms with Gasteiger partial charge in [-0.15, -0.1) is 0 Å². The predicted molar refractivity (Wildman–Crippen MR) is 96.9 cm³/mol. The van der Waals surface area contributed by atoms with Crippen molar-refractivity contribution >= 4 is 39.1 Å². The summed E-state index contributed by atoms with van der Waals surface area (Å²) >= 11 is 0. The number of phenols is 1. The van der Waals surface area contributed by atoms with Gasteiger partial charge < -0.3 is 26.1 Å². The molecule has 124 valence electrons. The molecule has 6 N–H and O–H groups in total. The summed E-state index contributed by atoms with van der Waals surface area (Å²) < 4.78 is 0. The average molecular weight is 334 g/mol. The first-order chi connectivity index (χ1) is 12.0. The number of imidazole rings is 1. The van der Waals surface area contributed by atoms with Crippen LogP contribution < -0.4 is 16.7 Å². The molecular formula is C18H14N4O3. The zero-order valence-electron chi connectivity index (χ0n) is 13.0. The highest BCUT2D eigenvalue weighted by molar-refractivity contribution is 6.12. The Morgan fingerprint density at radius 2 is 1.80 bits per heavy atom. The number of nitrogens with one attached hydrogen (secondary N) is 3. The zero-order valence-corrected chi connectivity index (χ0v) is 13.0. The van der Waals surface area contributed by atoms with Gasteiger partial charge in [-0.2, -0.15) is 0 Å². The van der Waals surface area contributed by atoms with E-state index in [0.717, 1.165) is 5.39 Å². The van der Waals surface area contributed by atoms with Crippen molar-refractivity contribution in [3.63, 3.8) is 0 Å². The molecule has 7 heteroatoms. The first-order valence-corrected chi connectivity index (χ1v) is 7.56. The van der Waals surface area contributed by atoms with Gasteiger partial charge in [0.1, 0.15) is 0 Å². The summed E-state index contributed by atoms with van der Waals surface area (Å²) in [5, 5.41) is 14.4. The van der Waals surface area contributed by atoms with Gasteiger partial charge in [0.05, 0.1) is 22.3 Å². The van der Waals surface area contributed by atoms with Crippen LogP contribution in [0.1, 0.15) is 10.4 Å². The molecule has 0 atom stereocenters. The van der Waals surface area contributed by atoms with E-state index in [9.17, 15) is 14.7 Å². The molecule has 25 heavy (non-hydrogen) atoms. The third-order valence-electron chi connectivity index (χ3n) is 4.08. The summed E-state index contributed by atoms with van der Waals surface area (Å²) in [6.45, 7) is 0. The van der Waals surface area contributed by atoms with Gasteiger partial charge in [0, 0.05) is 11.1 Å². The molecule has 0 aliphatic carbocycles. The second kappa shape index (κ2) is 5.41. The summed E-state index contributed by atoms with van der Waals surface area (Å²) in [6.07, 6.45) is 0. The predicted octanol–water partition coefficient (Wildman–Crippen LogP) is 2.55. The third-order valence-corrected chi connectivity index (χ3v) is 4.08. The van der Waals surface area contributed by atoms with E-state index in [2.05, 4.69) is 15.3 Å². The number of aromatic amines is 2. The molecule has 1 aromatic heterocycles. The van der Waals surface area contributed by atoms with Crippen molar-refractivity contribution in [2.75, 3.05) is 11.1 Å². The number of benzene rings is 3. The number of rotatable bonds is 2. The van der Waals surface area contributed by atoms with Gasteiger partial charge >= 0.3 is 5.69 Å². The molecule has 0 unspecified atom stereocenters. The summed E-state index contributed by atoms with van der Waals surface area (Å²) in [5.41, 5.74) is 7.57. The van der Waals surface area contributed by atoms with Crippen LogP contribution in [0.15, 0.2) is 53.3 Å². The van der Waals surface area contributed by atoms with Crippen molar-refractivity contribution in [1.29, 1.82) is 0 Å². The Morgan fingerprint density at radius 1 is 1.04 bits per heavy atom. The van der Waals surface area contributed by atoms with E-state index in [1.807, 2.05) is 18.2 Å². The zero-order chi connectivity index (χ0) is 17.6. The van der Waals surface area contributed by atoms with Crippen molar-refractivity contribution in [2.45, 2.75) is 0 Å². The Bertz CT molecular complexity index is 1190. The van der Waals surface area contributed by atoms with E-state index >= 15 is 0 Å². The van der Waals surface area contributed by atoms with Gasteiger partial charge in [0.2, 0.25) is 0 Å². The fraction of sp³-hybridized carbons (Fsp3) is 0. The largest absolute Gasteiger partial charge is 0.505 e. The number of aromatic hydroxyl groups is 1. The SMILES string of the molecule is Nc1c(O)c(C(=O)Nc2ccc3[nH]c(=O)[nH]c3c2)cc2ccccc12. The van der Waals surface area contributed by atoms with Crippen molar-refractivity contribution < 1.29 is 9.90 Å². The first kappa shape index (κ1) is 14.8. The van der Waals surface area contributed by atoms with Gasteiger partial charge in [-0.05, 0) is 29.7 Å². The Morgan fingerprint density at radius 3 is 2.64 bits per heavy atom. The topological polar surface area (TPSA) is 124 Å². The second-order valence-corrected chi connectivity index (χ2v) is 5.70. The fourth-order valence-corrected chi connectivity index (χ4v) is 2.85. The highest BCUT2D eigenvalue weighted by atomic mass is 16.3. The maximum atomic E-state index is 12.6. The van der Waals surface area contributed by atoms with E-state index in [1.165, 1.54) is 0 Å². The molecule has 0 saturated heterocycles. The second-order valence-electron chi connectivity index (χ2n) is 5.70. The number of carbonyl (C=O) groups is 1. The molecule has 1 heterocycles. The molecule has 0 saturated carbocycles. The van der Waals surface area contributed by atoms with E-state index in [-0.39, 0.29) is 22.7 Å². The number of H-pyrrole nitrogens is 2. The minimum Gasteiger partial charge on any atom is -0.505 e. The number of hydrogen-bond donors (Lipinski definition) is 5. The highest BCUT2D eigenvalue weighted by Gasteiger charge is 2.16. The van der Waals surface area contributed by atoms with Crippen molar-refractivity contribution in [3.05, 3.63) is 64.6 Å². The van der Waals surface area contributed by atoms with Gasteiger partial charge in [-0.25, -0.2) is 4.79 Å². The van der Waals surface area contributed by atoms with Crippen LogP contribution in [0.3, 0.4) is 0 Å². The van der Waals surface area contributed by atoms with Crippen molar-refractivity contribution in [2.24, 2.45) is 0 Å². The van der Waals surface area contributed by atoms with Gasteiger partial charge in [0.25, 0.3) is 5.91 Å². The smallest absolute Gasteiger partial charge is 0.323 e. The maximum Gasteiger partial charge on any atom is 0.323 e. The van der Waals surface area contributed by atoms with Crippen molar-refractivity contribution in [3.8, 4) is 5.75 Å². The lowest BCUT2D eigenvalue weighted by Gasteiger charge is -2.11. The number of carbonyl (C=O) groups excluding carboxylic acids is 1. The molecule has 0 radical (unpaired) electrons. The molecule has 0 spiro atoms. The van der Waals surface area contributed by atoms with Crippen LogP contribution in [0.2, 0.25) is 0 Å². The van der Waals surface area contributed by atoms with Gasteiger partial charge in [-0.3, -0.25) is 4.79 Å². The number of nitrogens with two attached hydrogens (primary N) is 1. The summed E-state index contributed by atoms with van der Waals surface area (Å²) in [4.78, 5) is 29.1. The van der Waals surface area contributed by atoms with Crippen LogP contribution >= 0.6 is 0 Å². The Balaban J connectivity index is 1.73. The van der Waals surface area contributed by atoms with E-state index in [4.69, 9.17) is 5.73 Å². The summed E-state index contributed by atoms with van der Waals surface area (Å²) in [5.74, 6) is -0.750. The maximum absolute atomic E-state index is 12.6. The lowest BCUT2D eigenvalue weighted by atomic mass is 10.0. The molecular weight excluding hydrogens is 320 g/mol. The van der Waals surface area contributed by atoms with Crippen LogP contribution in [-0.4, -0.2) is 21.0 Å². The highest BCUT2D eigenvalue weighted by Crippen LogP contribution is 2.34. The summed E-state index contributed by atoms with van der Waals surface area (Å²) in [6, 6.07) is 13.8. The lowest BCUT2D eigenvalue weighted by molar-refractivity contribution is 0.102. The van der Waals surface area contributed by atoms with Crippen LogP contribution in [0.5, 0.6) is 5.75 Å². The molecule has 0 aliphatic heterocycles. The molecule has 7 nitrogen and oxygen atoms in total. The van der Waals surface area contributed by atoms with E-state index in [0.29, 0.717) is 22.1 Å². The standard InChI is InChI=1S/C18H14N4O3/c19-15-11-4-2-1-3-9(11)7-12(16(15)23)17(24)20-10-5-6-13-14(8-10)22-18(25)21-13/h1-8,23H,19H2,(H,20,24)(H2,21,22,25). The minimum atomic E-state index is -0.493. The van der Waals surface area contributed by atoms with Crippen LogP contribution in [0.4, 0.5) is 11.4 Å². The average Bonchev–Trinajstić information content (AvgIpc) is 2.97. The number of hydrogen-bond acceptors (Lipinski definition) is 4. The molecule has 4 rings (SSSR count). The molecule has 4 aromatic rings. The number of anilines is 2. The molecule has 0 aliphatic rings. The van der Waals surface area contributed by atoms with Gasteiger partial charge in [-0.1, -0.05) is 24.3 Å². The molecule has 1 amide bonds. The fourth-order valence-electron chi connectivity index (χ4n) is 2.85. The Labute approximate surface area is 141 Å². The number of nitrogen functional groups attached to an aromatic ring is 1. The van der Waals surface area contributed by atoms with Gasteiger partial charge in [0.15, 0.2) is 5.75 Å². The quantitative estimate of drug-likeness (QED) is 0.285. The van der Waals surface area contributed by atoms with Crippen LogP contribution in [0, 0.1) is 0 Å². The van der Waals surface area contributed by atoms with Crippen molar-refractivity contribution in [1.82, 2.24) is 9.97 Å². The normalized spacial score (nSPS) is 11.0. The van der Waals surface area contributed by atoms with E-state index in [1.54, 1.807) is 30.3 Å². The molecule has 0 bridgehead atoms. The Kier molecular flexibility index (Phi) is 3.21. The molecule has 3 aromatic carbocycles. The number of aromatic nitrogens is 2. The number of fused-ring (bicyclic) bond motifs is 2.